The van der Waals surface area contributed by atoms with Crippen molar-refractivity contribution in [1.82, 2.24) is 0 Å². The van der Waals surface area contributed by atoms with Gasteiger partial charge in [0.15, 0.2) is 0 Å². The molecule has 0 N–H and O–H groups in total. The molecule has 1 rings (SSSR count). The normalized spacial score (nSPS) is 33.3. The summed E-state index contributed by atoms with van der Waals surface area (Å²) < 4.78 is 28.2. The van der Waals surface area contributed by atoms with Crippen molar-refractivity contribution >= 4 is 34.2 Å². The van der Waals surface area contributed by atoms with Gasteiger partial charge in [-0.1, -0.05) is 44.4 Å². The fourth-order valence-corrected chi connectivity index (χ4v) is 27.6. The van der Waals surface area contributed by atoms with Crippen molar-refractivity contribution in [1.29, 1.82) is 0 Å². The minimum absolute atomic E-state index is 0.932. The Morgan fingerprint density at radius 1 is 0.500 bits per heavy atom. The van der Waals surface area contributed by atoms with Crippen molar-refractivity contribution in [2.45, 2.75) is 115 Å². The summed E-state index contributed by atoms with van der Waals surface area (Å²) in [7, 11) is -9.61. The highest BCUT2D eigenvalue weighted by molar-refractivity contribution is 6.93. The predicted octanol–water partition coefficient (Wildman–Crippen LogP) is 8.44. The molecule has 8 heteroatoms. The van der Waals surface area contributed by atoms with Crippen LogP contribution < -0.4 is 0 Å². The van der Waals surface area contributed by atoms with E-state index < -0.39 is 34.2 Å². The number of allylic oxidation sites excluding steroid dienone is 3. The highest BCUT2D eigenvalue weighted by Crippen LogP contribution is 2.38. The number of hydrogen-bond acceptors (Lipinski definition) is 4. The zero-order chi connectivity index (χ0) is 24.1. The molecule has 1 heterocycles. The van der Waals surface area contributed by atoms with Crippen LogP contribution in [0.2, 0.25) is 50.4 Å². The van der Waals surface area contributed by atoms with Crippen molar-refractivity contribution in [3.8, 4) is 0 Å². The highest BCUT2D eigenvalue weighted by atomic mass is 28.5. The van der Waals surface area contributed by atoms with E-state index in [1.165, 1.54) is 0 Å². The van der Waals surface area contributed by atoms with Crippen LogP contribution in [-0.2, 0) is 16.5 Å². The third-order valence-corrected chi connectivity index (χ3v) is 25.1. The van der Waals surface area contributed by atoms with Crippen LogP contribution in [0.25, 0.3) is 0 Å². The Labute approximate surface area is 203 Å². The maximum absolute atomic E-state index is 7.10. The summed E-state index contributed by atoms with van der Waals surface area (Å²) in [6.45, 7) is 22.8. The van der Waals surface area contributed by atoms with Gasteiger partial charge in [0.25, 0.3) is 0 Å². The standard InChI is InChI=1S/C24H50O4Si4/c1-9-13-16-19-22-30(6)25-29(5,12-4)26-31(7,23-20-17-14-10-2)28-32(8,27-30)24-21-18-15-11-3/h9-11H,1-3,12-24H2,4-8H3. The Hall–Kier alpha value is -0.0725. The lowest BCUT2D eigenvalue weighted by molar-refractivity contribution is 0.221. The molecule has 0 saturated carbocycles. The fraction of sp³-hybridized carbons (Fsp3) is 0.750. The van der Waals surface area contributed by atoms with Gasteiger partial charge in [0, 0.05) is 0 Å². The molecule has 0 aliphatic carbocycles. The maximum atomic E-state index is 7.10. The zero-order valence-corrected chi connectivity index (χ0v) is 25.7. The summed E-state index contributed by atoms with van der Waals surface area (Å²) in [6, 6.07) is 3.94. The van der Waals surface area contributed by atoms with E-state index in [1.807, 2.05) is 18.2 Å². The van der Waals surface area contributed by atoms with E-state index in [1.54, 1.807) is 0 Å². The first-order valence-corrected chi connectivity index (χ1v) is 22.8. The lowest BCUT2D eigenvalue weighted by Crippen LogP contribution is -2.67. The van der Waals surface area contributed by atoms with Crippen molar-refractivity contribution in [2.75, 3.05) is 0 Å². The molecule has 2 unspecified atom stereocenters. The van der Waals surface area contributed by atoms with E-state index in [0.717, 1.165) is 82.0 Å². The molecule has 0 spiro atoms. The molecule has 1 saturated heterocycles. The Morgan fingerprint density at radius 3 is 1.03 bits per heavy atom. The fourth-order valence-electron chi connectivity index (χ4n) is 4.57. The van der Waals surface area contributed by atoms with Crippen LogP contribution in [0.3, 0.4) is 0 Å². The third kappa shape index (κ3) is 10.9. The highest BCUT2D eigenvalue weighted by Gasteiger charge is 2.55. The number of hydrogen-bond donors (Lipinski definition) is 0. The van der Waals surface area contributed by atoms with E-state index in [2.05, 4.69) is 52.8 Å². The smallest absolute Gasteiger partial charge is 0.317 e. The molecule has 186 valence electrons. The van der Waals surface area contributed by atoms with Crippen LogP contribution in [0.4, 0.5) is 0 Å². The molecule has 0 bridgehead atoms. The van der Waals surface area contributed by atoms with Gasteiger partial charge in [-0.05, 0) is 88.9 Å². The molecule has 1 aliphatic heterocycles. The van der Waals surface area contributed by atoms with E-state index in [9.17, 15) is 0 Å². The van der Waals surface area contributed by atoms with Crippen molar-refractivity contribution in [3.63, 3.8) is 0 Å². The minimum Gasteiger partial charge on any atom is -0.416 e. The Balaban J connectivity index is 3.12. The van der Waals surface area contributed by atoms with Gasteiger partial charge in [-0.25, -0.2) is 0 Å². The molecular weight excluding hydrogens is 465 g/mol. The van der Waals surface area contributed by atoms with Crippen LogP contribution in [0.15, 0.2) is 38.0 Å². The van der Waals surface area contributed by atoms with E-state index in [4.69, 9.17) is 16.5 Å². The Bertz CT molecular complexity index is 554. The Kier molecular flexibility index (Phi) is 13.4. The molecule has 0 aromatic rings. The van der Waals surface area contributed by atoms with Crippen LogP contribution >= 0.6 is 0 Å². The van der Waals surface area contributed by atoms with Crippen LogP contribution in [0.1, 0.15) is 64.7 Å². The summed E-state index contributed by atoms with van der Waals surface area (Å²) in [5.41, 5.74) is 0. The van der Waals surface area contributed by atoms with Gasteiger partial charge in [0.2, 0.25) is 0 Å². The lowest BCUT2D eigenvalue weighted by Gasteiger charge is -2.50. The maximum Gasteiger partial charge on any atom is 0.317 e. The molecule has 32 heavy (non-hydrogen) atoms. The van der Waals surface area contributed by atoms with Crippen molar-refractivity contribution in [3.05, 3.63) is 38.0 Å². The monoisotopic (exact) mass is 514 g/mol. The van der Waals surface area contributed by atoms with Gasteiger partial charge >= 0.3 is 34.2 Å². The second-order valence-corrected chi connectivity index (χ2v) is 24.4. The molecule has 2 atom stereocenters. The second-order valence-electron chi connectivity index (χ2n) is 9.90. The third-order valence-electron chi connectivity index (χ3n) is 6.24. The van der Waals surface area contributed by atoms with Crippen LogP contribution in [-0.4, -0.2) is 34.2 Å². The SMILES string of the molecule is C=CCCCC[Si]1(C)O[Si](C)(CC)O[Si](C)(CCCCC=C)O[Si](C)(CCCCC=C)O1. The quantitative estimate of drug-likeness (QED) is 0.118. The molecule has 1 fully saturated rings. The van der Waals surface area contributed by atoms with Crippen molar-refractivity contribution < 1.29 is 16.5 Å². The molecule has 0 radical (unpaired) electrons. The summed E-state index contributed by atoms with van der Waals surface area (Å²) in [6.07, 6.45) is 15.9. The average Bonchev–Trinajstić information content (AvgIpc) is 2.70. The van der Waals surface area contributed by atoms with Gasteiger partial charge in [0.1, 0.15) is 0 Å². The number of rotatable bonds is 16. The molecule has 1 aliphatic rings. The average molecular weight is 515 g/mol. The second kappa shape index (κ2) is 14.4. The summed E-state index contributed by atoms with van der Waals surface area (Å²) >= 11 is 0. The van der Waals surface area contributed by atoms with Gasteiger partial charge in [-0.15, -0.1) is 19.7 Å². The lowest BCUT2D eigenvalue weighted by atomic mass is 10.2. The molecule has 0 aromatic carbocycles. The summed E-state index contributed by atoms with van der Waals surface area (Å²) in [5.74, 6) is 0. The first kappa shape index (κ1) is 30.0. The zero-order valence-electron chi connectivity index (χ0n) is 21.7. The van der Waals surface area contributed by atoms with Gasteiger partial charge < -0.3 is 16.5 Å². The summed E-state index contributed by atoms with van der Waals surface area (Å²) in [5, 5.41) is 0. The topological polar surface area (TPSA) is 36.9 Å². The van der Waals surface area contributed by atoms with E-state index in [-0.39, 0.29) is 0 Å². The number of unbranched alkanes of at least 4 members (excludes halogenated alkanes) is 6. The molecular formula is C24H50O4Si4. The Morgan fingerprint density at radius 2 is 0.781 bits per heavy atom. The first-order chi connectivity index (χ1) is 15.1. The van der Waals surface area contributed by atoms with Gasteiger partial charge in [-0.2, -0.15) is 0 Å². The van der Waals surface area contributed by atoms with E-state index >= 15 is 0 Å². The van der Waals surface area contributed by atoms with Crippen molar-refractivity contribution in [2.24, 2.45) is 0 Å². The molecule has 0 amide bonds. The van der Waals surface area contributed by atoms with E-state index in [0.29, 0.717) is 0 Å². The predicted molar refractivity (Wildman–Crippen MR) is 148 cm³/mol. The van der Waals surface area contributed by atoms with Gasteiger partial charge in [-0.3, -0.25) is 0 Å². The van der Waals surface area contributed by atoms with Crippen LogP contribution in [0, 0.1) is 0 Å². The molecule has 0 aromatic heterocycles. The minimum atomic E-state index is -2.43. The largest absolute Gasteiger partial charge is 0.416 e. The first-order valence-electron chi connectivity index (χ1n) is 12.7. The molecule has 4 nitrogen and oxygen atoms in total. The summed E-state index contributed by atoms with van der Waals surface area (Å²) in [4.78, 5) is 0. The van der Waals surface area contributed by atoms with Crippen LogP contribution in [0.5, 0.6) is 0 Å². The van der Waals surface area contributed by atoms with Gasteiger partial charge in [0.05, 0.1) is 0 Å².